The average Bonchev–Trinajstić information content (AvgIpc) is 2.95. The van der Waals surface area contributed by atoms with Crippen molar-refractivity contribution in [1.29, 1.82) is 0 Å². The number of rotatable bonds is 4. The zero-order valence-electron chi connectivity index (χ0n) is 18.4. The van der Waals surface area contributed by atoms with Crippen molar-refractivity contribution in [2.24, 2.45) is 0 Å². The van der Waals surface area contributed by atoms with Gasteiger partial charge in [0.25, 0.3) is 5.91 Å². The SMILES string of the molecule is O=C1Nc2ccccc2/C(=C\CCN2CCC(O)(c3ccc(Cl)cc3)CC2)c2ccccc21. The first-order chi connectivity index (χ1) is 16.0. The summed E-state index contributed by atoms with van der Waals surface area (Å²) in [5, 5.41) is 14.9. The average molecular weight is 459 g/mol. The lowest BCUT2D eigenvalue weighted by atomic mass is 9.84. The maximum atomic E-state index is 12.8. The molecule has 0 bridgehead atoms. The summed E-state index contributed by atoms with van der Waals surface area (Å²) in [7, 11) is 0. The molecule has 0 aliphatic carbocycles. The molecule has 1 saturated heterocycles. The predicted molar refractivity (Wildman–Crippen MR) is 134 cm³/mol. The number of piperidine rings is 1. The number of halogens is 1. The molecule has 3 aromatic carbocycles. The Labute approximate surface area is 199 Å². The highest BCUT2D eigenvalue weighted by Gasteiger charge is 2.33. The van der Waals surface area contributed by atoms with E-state index >= 15 is 0 Å². The second kappa shape index (κ2) is 9.14. The minimum atomic E-state index is -0.787. The first-order valence-corrected chi connectivity index (χ1v) is 11.8. The van der Waals surface area contributed by atoms with Crippen molar-refractivity contribution < 1.29 is 9.90 Å². The number of anilines is 1. The van der Waals surface area contributed by atoms with Crippen LogP contribution in [0, 0.1) is 0 Å². The Hall–Kier alpha value is -2.92. The highest BCUT2D eigenvalue weighted by Crippen LogP contribution is 2.36. The topological polar surface area (TPSA) is 52.6 Å². The van der Waals surface area contributed by atoms with E-state index in [1.54, 1.807) is 0 Å². The normalized spacial score (nSPS) is 18.8. The van der Waals surface area contributed by atoms with Gasteiger partial charge in [0.05, 0.1) is 5.60 Å². The number of carbonyl (C=O) groups is 1. The number of hydrogen-bond donors (Lipinski definition) is 2. The molecule has 5 rings (SSSR count). The fraction of sp³-hybridized carbons (Fsp3) is 0.250. The molecule has 0 saturated carbocycles. The largest absolute Gasteiger partial charge is 0.385 e. The summed E-state index contributed by atoms with van der Waals surface area (Å²) in [6, 6.07) is 23.3. The molecule has 2 heterocycles. The molecule has 2 aliphatic rings. The van der Waals surface area contributed by atoms with Gasteiger partial charge < -0.3 is 15.3 Å². The summed E-state index contributed by atoms with van der Waals surface area (Å²) in [4.78, 5) is 15.2. The monoisotopic (exact) mass is 458 g/mol. The van der Waals surface area contributed by atoms with Gasteiger partial charge in [-0.15, -0.1) is 0 Å². The quantitative estimate of drug-likeness (QED) is 0.526. The summed E-state index contributed by atoms with van der Waals surface area (Å²) in [5.41, 5.74) is 4.81. The van der Waals surface area contributed by atoms with Crippen molar-refractivity contribution in [2.45, 2.75) is 24.9 Å². The molecule has 0 radical (unpaired) electrons. The second-order valence-electron chi connectivity index (χ2n) is 8.83. The predicted octanol–water partition coefficient (Wildman–Crippen LogP) is 5.71. The van der Waals surface area contributed by atoms with Crippen molar-refractivity contribution in [3.8, 4) is 0 Å². The van der Waals surface area contributed by atoms with Gasteiger partial charge in [0.15, 0.2) is 0 Å². The standard InChI is InChI=1S/C28H27ClN2O2/c29-21-13-11-20(12-14-21)28(33)15-18-31(19-16-28)17-5-9-22-23-6-1-2-8-25(23)27(32)30-26-10-4-3-7-24(22)26/h1-4,6-14,33H,5,15-19H2,(H,30,32)/b22-9-. The van der Waals surface area contributed by atoms with Crippen LogP contribution in [0.25, 0.3) is 5.57 Å². The number of nitrogens with one attached hydrogen (secondary N) is 1. The highest BCUT2D eigenvalue weighted by molar-refractivity contribution is 6.30. The van der Waals surface area contributed by atoms with E-state index in [2.05, 4.69) is 22.4 Å². The first-order valence-electron chi connectivity index (χ1n) is 11.4. The van der Waals surface area contributed by atoms with Crippen LogP contribution in [0.5, 0.6) is 0 Å². The minimum Gasteiger partial charge on any atom is -0.385 e. The number of hydrogen-bond acceptors (Lipinski definition) is 3. The third kappa shape index (κ3) is 4.47. The van der Waals surface area contributed by atoms with E-state index in [1.165, 1.54) is 0 Å². The number of amides is 1. The van der Waals surface area contributed by atoms with E-state index in [0.29, 0.717) is 23.4 Å². The first kappa shape index (κ1) is 21.9. The van der Waals surface area contributed by atoms with E-state index in [-0.39, 0.29) is 5.91 Å². The third-order valence-electron chi connectivity index (χ3n) is 6.79. The van der Waals surface area contributed by atoms with Crippen LogP contribution in [-0.2, 0) is 5.60 Å². The van der Waals surface area contributed by atoms with Gasteiger partial charge in [0.2, 0.25) is 0 Å². The zero-order valence-corrected chi connectivity index (χ0v) is 19.2. The fourth-order valence-corrected chi connectivity index (χ4v) is 5.01. The molecule has 168 valence electrons. The Kier molecular flexibility index (Phi) is 6.07. The Bertz CT molecular complexity index is 1190. The van der Waals surface area contributed by atoms with E-state index < -0.39 is 5.60 Å². The smallest absolute Gasteiger partial charge is 0.256 e. The summed E-state index contributed by atoms with van der Waals surface area (Å²) in [6.45, 7) is 2.59. The number of benzene rings is 3. The molecule has 2 aliphatic heterocycles. The van der Waals surface area contributed by atoms with Crippen LogP contribution >= 0.6 is 11.6 Å². The summed E-state index contributed by atoms with van der Waals surface area (Å²) in [5.74, 6) is -0.0704. The van der Waals surface area contributed by atoms with Gasteiger partial charge >= 0.3 is 0 Å². The van der Waals surface area contributed by atoms with Crippen LogP contribution in [0.3, 0.4) is 0 Å². The van der Waals surface area contributed by atoms with Crippen molar-refractivity contribution in [3.05, 3.63) is 106 Å². The third-order valence-corrected chi connectivity index (χ3v) is 7.04. The van der Waals surface area contributed by atoms with Crippen molar-refractivity contribution in [2.75, 3.05) is 25.0 Å². The van der Waals surface area contributed by atoms with Crippen molar-refractivity contribution in [1.82, 2.24) is 4.90 Å². The number of aliphatic hydroxyl groups is 1. The molecule has 4 nitrogen and oxygen atoms in total. The van der Waals surface area contributed by atoms with E-state index in [9.17, 15) is 9.90 Å². The van der Waals surface area contributed by atoms with Crippen LogP contribution in [0.2, 0.25) is 5.02 Å². The maximum Gasteiger partial charge on any atom is 0.256 e. The van der Waals surface area contributed by atoms with Gasteiger partial charge in [0.1, 0.15) is 0 Å². The number of nitrogens with zero attached hydrogens (tertiary/aromatic N) is 1. The molecule has 2 N–H and O–H groups in total. The minimum absolute atomic E-state index is 0.0704. The highest BCUT2D eigenvalue weighted by atomic mass is 35.5. The van der Waals surface area contributed by atoms with Crippen LogP contribution in [0.1, 0.15) is 46.3 Å². The van der Waals surface area contributed by atoms with Crippen molar-refractivity contribution in [3.63, 3.8) is 0 Å². The zero-order chi connectivity index (χ0) is 22.8. The Morgan fingerprint density at radius 3 is 2.27 bits per heavy atom. The lowest BCUT2D eigenvalue weighted by Gasteiger charge is -2.38. The maximum absolute atomic E-state index is 12.8. The lowest BCUT2D eigenvalue weighted by molar-refractivity contribution is -0.0254. The molecule has 33 heavy (non-hydrogen) atoms. The molecule has 1 fully saturated rings. The van der Waals surface area contributed by atoms with Gasteiger partial charge in [-0.2, -0.15) is 0 Å². The Balaban J connectivity index is 1.31. The molecular weight excluding hydrogens is 432 g/mol. The molecule has 0 spiro atoms. The van der Waals surface area contributed by atoms with Crippen LogP contribution < -0.4 is 5.32 Å². The molecule has 0 unspecified atom stereocenters. The van der Waals surface area contributed by atoms with Crippen LogP contribution in [0.15, 0.2) is 78.9 Å². The van der Waals surface area contributed by atoms with Crippen LogP contribution in [-0.4, -0.2) is 35.5 Å². The number of para-hydroxylation sites is 1. The van der Waals surface area contributed by atoms with Gasteiger partial charge in [-0.25, -0.2) is 0 Å². The molecule has 0 atom stereocenters. The Morgan fingerprint density at radius 1 is 0.909 bits per heavy atom. The van der Waals surface area contributed by atoms with Gasteiger partial charge in [-0.3, -0.25) is 4.79 Å². The van der Waals surface area contributed by atoms with Gasteiger partial charge in [-0.1, -0.05) is 66.2 Å². The lowest BCUT2D eigenvalue weighted by Crippen LogP contribution is -2.42. The second-order valence-corrected chi connectivity index (χ2v) is 9.27. The summed E-state index contributed by atoms with van der Waals surface area (Å²) < 4.78 is 0. The van der Waals surface area contributed by atoms with Crippen LogP contribution in [0.4, 0.5) is 5.69 Å². The number of likely N-dealkylation sites (tertiary alicyclic amines) is 1. The molecule has 1 amide bonds. The van der Waals surface area contributed by atoms with E-state index in [0.717, 1.165) is 54.0 Å². The molecule has 0 aromatic heterocycles. The molecule has 5 heteroatoms. The Morgan fingerprint density at radius 2 is 1.55 bits per heavy atom. The fourth-order valence-electron chi connectivity index (χ4n) is 4.88. The van der Waals surface area contributed by atoms with Gasteiger partial charge in [0, 0.05) is 41.5 Å². The van der Waals surface area contributed by atoms with E-state index in [1.807, 2.05) is 66.7 Å². The molecule has 3 aromatic rings. The molecular formula is C28H27ClN2O2. The summed E-state index contributed by atoms with van der Waals surface area (Å²) in [6.07, 6.45) is 4.52. The van der Waals surface area contributed by atoms with E-state index in [4.69, 9.17) is 11.6 Å². The van der Waals surface area contributed by atoms with Gasteiger partial charge in [-0.05, 0) is 60.2 Å². The summed E-state index contributed by atoms with van der Waals surface area (Å²) >= 11 is 6.00. The van der Waals surface area contributed by atoms with Crippen molar-refractivity contribution >= 4 is 28.8 Å². The number of fused-ring (bicyclic) bond motifs is 2. The number of carbonyl (C=O) groups excluding carboxylic acids is 1.